The number of aryl methyl sites for hydroxylation is 1. The second-order valence-electron chi connectivity index (χ2n) is 5.72. The molecule has 1 heterocycles. The molecule has 0 aliphatic carbocycles. The lowest BCUT2D eigenvalue weighted by atomic mass is 10.0. The summed E-state index contributed by atoms with van der Waals surface area (Å²) in [5, 5.41) is 12.7. The first-order chi connectivity index (χ1) is 10.4. The normalized spacial score (nSPS) is 10.5. The molecular weight excluding hydrogens is 292 g/mol. The van der Waals surface area contributed by atoms with E-state index in [4.69, 9.17) is 0 Å². The monoisotopic (exact) mass is 312 g/mol. The highest BCUT2D eigenvalue weighted by Crippen LogP contribution is 2.31. The molecule has 0 saturated carbocycles. The lowest BCUT2D eigenvalue weighted by molar-refractivity contribution is -0.115. The van der Waals surface area contributed by atoms with E-state index in [1.54, 1.807) is 0 Å². The van der Waals surface area contributed by atoms with Gasteiger partial charge in [-0.1, -0.05) is 38.1 Å². The summed E-state index contributed by atoms with van der Waals surface area (Å²) < 4.78 is 0. The van der Waals surface area contributed by atoms with Gasteiger partial charge in [0.25, 0.3) is 0 Å². The summed E-state index contributed by atoms with van der Waals surface area (Å²) in [6, 6.07) is 10.3. The van der Waals surface area contributed by atoms with Crippen molar-refractivity contribution in [1.82, 2.24) is 0 Å². The molecule has 3 nitrogen and oxygen atoms in total. The Labute approximate surface area is 135 Å². The molecular formula is C18H20N2OS. The summed E-state index contributed by atoms with van der Waals surface area (Å²) in [6.07, 6.45) is 0.319. The third-order valence-electron chi connectivity index (χ3n) is 3.76. The van der Waals surface area contributed by atoms with Crippen molar-refractivity contribution in [1.29, 1.82) is 5.26 Å². The minimum Gasteiger partial charge on any atom is -0.316 e. The van der Waals surface area contributed by atoms with Crippen molar-refractivity contribution in [2.45, 2.75) is 40.0 Å². The van der Waals surface area contributed by atoms with E-state index in [1.165, 1.54) is 16.9 Å². The molecule has 0 saturated heterocycles. The fourth-order valence-electron chi connectivity index (χ4n) is 2.23. The molecule has 0 aliphatic heterocycles. The van der Waals surface area contributed by atoms with Crippen molar-refractivity contribution in [2.24, 2.45) is 0 Å². The third kappa shape index (κ3) is 3.55. The standard InChI is InChI=1S/C18H20N2OS/c1-11(2)15-7-5-14(6-8-15)9-17(21)20-18-16(10-19)12(3)13(4)22-18/h5-8,11H,9H2,1-4H3,(H,20,21). The molecule has 1 aromatic carbocycles. The van der Waals surface area contributed by atoms with Crippen LogP contribution in [0.1, 0.15) is 46.9 Å². The predicted octanol–water partition coefficient (Wildman–Crippen LogP) is 4.54. The molecule has 0 unspecified atom stereocenters. The van der Waals surface area contributed by atoms with Crippen LogP contribution < -0.4 is 5.32 Å². The maximum absolute atomic E-state index is 12.2. The predicted molar refractivity (Wildman–Crippen MR) is 91.4 cm³/mol. The van der Waals surface area contributed by atoms with Crippen molar-refractivity contribution >= 4 is 22.2 Å². The van der Waals surface area contributed by atoms with Gasteiger partial charge in [-0.25, -0.2) is 0 Å². The number of carbonyl (C=O) groups is 1. The van der Waals surface area contributed by atoms with Crippen LogP contribution in [0.3, 0.4) is 0 Å². The zero-order valence-electron chi connectivity index (χ0n) is 13.4. The molecule has 114 valence electrons. The maximum atomic E-state index is 12.2. The van der Waals surface area contributed by atoms with E-state index in [-0.39, 0.29) is 5.91 Å². The third-order valence-corrected chi connectivity index (χ3v) is 4.88. The summed E-state index contributed by atoms with van der Waals surface area (Å²) in [7, 11) is 0. The van der Waals surface area contributed by atoms with Gasteiger partial charge in [0.15, 0.2) is 0 Å². The first-order valence-corrected chi connectivity index (χ1v) is 8.12. The zero-order chi connectivity index (χ0) is 16.3. The number of carbonyl (C=O) groups excluding carboxylic acids is 1. The highest BCUT2D eigenvalue weighted by atomic mass is 32.1. The fraction of sp³-hybridized carbons (Fsp3) is 0.333. The number of nitriles is 1. The number of hydrogen-bond acceptors (Lipinski definition) is 3. The molecule has 1 N–H and O–H groups in total. The number of amides is 1. The molecule has 22 heavy (non-hydrogen) atoms. The van der Waals surface area contributed by atoms with Gasteiger partial charge in [-0.3, -0.25) is 4.79 Å². The highest BCUT2D eigenvalue weighted by Gasteiger charge is 2.14. The number of thiophene rings is 1. The van der Waals surface area contributed by atoms with Crippen LogP contribution in [0.15, 0.2) is 24.3 Å². The van der Waals surface area contributed by atoms with Gasteiger partial charge in [-0.05, 0) is 36.5 Å². The smallest absolute Gasteiger partial charge is 0.229 e. The highest BCUT2D eigenvalue weighted by molar-refractivity contribution is 7.16. The first-order valence-electron chi connectivity index (χ1n) is 7.31. The molecule has 0 aliphatic rings. The summed E-state index contributed by atoms with van der Waals surface area (Å²) >= 11 is 1.46. The van der Waals surface area contributed by atoms with Crippen molar-refractivity contribution in [2.75, 3.05) is 5.32 Å². The number of hydrogen-bond donors (Lipinski definition) is 1. The van der Waals surface area contributed by atoms with Crippen molar-refractivity contribution < 1.29 is 4.79 Å². The Morgan fingerprint density at radius 2 is 1.91 bits per heavy atom. The molecule has 0 fully saturated rings. The Balaban J connectivity index is 2.07. The number of nitrogens with zero attached hydrogens (tertiary/aromatic N) is 1. The van der Waals surface area contributed by atoms with E-state index < -0.39 is 0 Å². The van der Waals surface area contributed by atoms with Gasteiger partial charge in [0.2, 0.25) is 5.91 Å². The second-order valence-corrected chi connectivity index (χ2v) is 6.95. The minimum absolute atomic E-state index is 0.0879. The van der Waals surface area contributed by atoms with Crippen LogP contribution in [0.5, 0.6) is 0 Å². The average Bonchev–Trinajstić information content (AvgIpc) is 2.73. The Morgan fingerprint density at radius 3 is 2.45 bits per heavy atom. The molecule has 4 heteroatoms. The van der Waals surface area contributed by atoms with Gasteiger partial charge >= 0.3 is 0 Å². The van der Waals surface area contributed by atoms with E-state index in [1.807, 2.05) is 26.0 Å². The van der Waals surface area contributed by atoms with Gasteiger partial charge in [-0.15, -0.1) is 11.3 Å². The molecule has 1 aromatic heterocycles. The van der Waals surface area contributed by atoms with E-state index >= 15 is 0 Å². The lowest BCUT2D eigenvalue weighted by Gasteiger charge is -2.07. The maximum Gasteiger partial charge on any atom is 0.229 e. The molecule has 0 bridgehead atoms. The topological polar surface area (TPSA) is 52.9 Å². The summed E-state index contributed by atoms with van der Waals surface area (Å²) in [4.78, 5) is 13.2. The second kappa shape index (κ2) is 6.76. The Hall–Kier alpha value is -2.12. The molecule has 0 radical (unpaired) electrons. The van der Waals surface area contributed by atoms with Crippen LogP contribution in [0.4, 0.5) is 5.00 Å². The molecule has 0 spiro atoms. The van der Waals surface area contributed by atoms with Crippen molar-refractivity contribution in [3.8, 4) is 6.07 Å². The fourth-order valence-corrected chi connectivity index (χ4v) is 3.25. The quantitative estimate of drug-likeness (QED) is 0.901. The van der Waals surface area contributed by atoms with E-state index in [9.17, 15) is 10.1 Å². The first kappa shape index (κ1) is 16.3. The Morgan fingerprint density at radius 1 is 1.27 bits per heavy atom. The van der Waals surface area contributed by atoms with Crippen LogP contribution in [0.25, 0.3) is 0 Å². The molecule has 2 aromatic rings. The summed E-state index contributed by atoms with van der Waals surface area (Å²) in [5.74, 6) is 0.396. The van der Waals surface area contributed by atoms with Gasteiger partial charge in [0.1, 0.15) is 11.1 Å². The number of nitrogens with one attached hydrogen (secondary N) is 1. The van der Waals surface area contributed by atoms with Crippen molar-refractivity contribution in [3.63, 3.8) is 0 Å². The molecule has 1 amide bonds. The van der Waals surface area contributed by atoms with Gasteiger partial charge in [0, 0.05) is 4.88 Å². The number of anilines is 1. The summed E-state index contributed by atoms with van der Waals surface area (Å²) in [5.41, 5.74) is 3.76. The van der Waals surface area contributed by atoms with Crippen LogP contribution in [0, 0.1) is 25.2 Å². The van der Waals surface area contributed by atoms with Crippen LogP contribution in [0.2, 0.25) is 0 Å². The van der Waals surface area contributed by atoms with Crippen molar-refractivity contribution in [3.05, 3.63) is 51.4 Å². The largest absolute Gasteiger partial charge is 0.316 e. The van der Waals surface area contributed by atoms with E-state index in [0.717, 1.165) is 16.0 Å². The van der Waals surface area contributed by atoms with E-state index in [2.05, 4.69) is 37.4 Å². The Bertz CT molecular complexity index is 721. The van der Waals surface area contributed by atoms with Gasteiger partial charge in [0.05, 0.1) is 12.0 Å². The number of benzene rings is 1. The SMILES string of the molecule is Cc1sc(NC(=O)Cc2ccc(C(C)C)cc2)c(C#N)c1C. The minimum atomic E-state index is -0.0879. The zero-order valence-corrected chi connectivity index (χ0v) is 14.2. The lowest BCUT2D eigenvalue weighted by Crippen LogP contribution is -2.14. The average molecular weight is 312 g/mol. The molecule has 0 atom stereocenters. The summed E-state index contributed by atoms with van der Waals surface area (Å²) in [6.45, 7) is 8.16. The van der Waals surface area contributed by atoms with Gasteiger partial charge < -0.3 is 5.32 Å². The van der Waals surface area contributed by atoms with E-state index in [0.29, 0.717) is 22.9 Å². The number of rotatable bonds is 4. The molecule has 2 rings (SSSR count). The van der Waals surface area contributed by atoms with Gasteiger partial charge in [-0.2, -0.15) is 5.26 Å². The van der Waals surface area contributed by atoms with Crippen LogP contribution in [-0.2, 0) is 11.2 Å². The van der Waals surface area contributed by atoms with Crippen LogP contribution in [-0.4, -0.2) is 5.91 Å². The van der Waals surface area contributed by atoms with Crippen LogP contribution >= 0.6 is 11.3 Å². The Kier molecular flexibility index (Phi) is 4.99.